The third kappa shape index (κ3) is 3.71. The molecule has 8 heteroatoms. The monoisotopic (exact) mass is 452 g/mol. The van der Waals surface area contributed by atoms with Crippen LogP contribution < -0.4 is 20.1 Å². The van der Waals surface area contributed by atoms with Crippen LogP contribution in [0.4, 0.5) is 22.7 Å². The summed E-state index contributed by atoms with van der Waals surface area (Å²) in [6.07, 6.45) is 3.20. The van der Waals surface area contributed by atoms with Crippen molar-refractivity contribution in [2.24, 2.45) is 0 Å². The van der Waals surface area contributed by atoms with E-state index in [1.807, 2.05) is 0 Å². The summed E-state index contributed by atoms with van der Waals surface area (Å²) in [4.78, 5) is 35.5. The van der Waals surface area contributed by atoms with Crippen LogP contribution in [0.5, 0.6) is 11.8 Å². The lowest BCUT2D eigenvalue weighted by molar-refractivity contribution is 0.0980. The first kappa shape index (κ1) is 21.1. The van der Waals surface area contributed by atoms with Gasteiger partial charge in [-0.3, -0.25) is 9.59 Å². The number of benzene rings is 2. The number of aromatic nitrogens is 2. The van der Waals surface area contributed by atoms with E-state index in [9.17, 15) is 9.59 Å². The predicted molar refractivity (Wildman–Crippen MR) is 128 cm³/mol. The largest absolute Gasteiger partial charge is 0.481 e. The van der Waals surface area contributed by atoms with Gasteiger partial charge in [0.05, 0.1) is 60.5 Å². The minimum atomic E-state index is -0.251. The Morgan fingerprint density at radius 3 is 1.47 bits per heavy atom. The molecule has 0 saturated carbocycles. The van der Waals surface area contributed by atoms with Gasteiger partial charge >= 0.3 is 0 Å². The molecule has 1 aliphatic rings. The number of ketones is 2. The normalized spacial score (nSPS) is 11.9. The van der Waals surface area contributed by atoms with E-state index in [-0.39, 0.29) is 11.6 Å². The summed E-state index contributed by atoms with van der Waals surface area (Å²) in [6.45, 7) is 0. The molecule has 0 atom stereocenters. The molecule has 1 aliphatic carbocycles. The molecule has 2 aromatic heterocycles. The highest BCUT2D eigenvalue weighted by Gasteiger charge is 2.33. The Morgan fingerprint density at radius 1 is 0.618 bits per heavy atom. The van der Waals surface area contributed by atoms with Gasteiger partial charge < -0.3 is 20.1 Å². The molecule has 2 N–H and O–H groups in total. The van der Waals surface area contributed by atoms with Crippen LogP contribution in [-0.2, 0) is 0 Å². The van der Waals surface area contributed by atoms with Crippen LogP contribution >= 0.6 is 0 Å². The van der Waals surface area contributed by atoms with Gasteiger partial charge in [-0.05, 0) is 24.3 Å². The van der Waals surface area contributed by atoms with Gasteiger partial charge in [0, 0.05) is 23.3 Å². The average Bonchev–Trinajstić information content (AvgIpc) is 2.88. The zero-order valence-electron chi connectivity index (χ0n) is 18.5. The van der Waals surface area contributed by atoms with Gasteiger partial charge in [0.25, 0.3) is 0 Å². The van der Waals surface area contributed by atoms with Gasteiger partial charge in [-0.25, -0.2) is 9.97 Å². The Balaban J connectivity index is 1.54. The van der Waals surface area contributed by atoms with Crippen LogP contribution in [0.2, 0.25) is 0 Å². The Bertz CT molecular complexity index is 1290. The molecule has 0 fully saturated rings. The minimum Gasteiger partial charge on any atom is -0.481 e. The van der Waals surface area contributed by atoms with Crippen LogP contribution in [0.15, 0.2) is 73.1 Å². The van der Waals surface area contributed by atoms with E-state index in [0.717, 1.165) is 0 Å². The van der Waals surface area contributed by atoms with Crippen molar-refractivity contribution in [3.05, 3.63) is 95.3 Å². The van der Waals surface area contributed by atoms with Gasteiger partial charge in [-0.1, -0.05) is 24.3 Å². The summed E-state index contributed by atoms with van der Waals surface area (Å²) in [5, 5.41) is 6.42. The summed E-state index contributed by atoms with van der Waals surface area (Å²) in [6, 6.07) is 17.4. The molecule has 2 aromatic carbocycles. The molecule has 168 valence electrons. The number of hydrogen-bond donors (Lipinski definition) is 2. The van der Waals surface area contributed by atoms with Gasteiger partial charge in [0.1, 0.15) is 0 Å². The maximum Gasteiger partial charge on any atom is 0.213 e. The molecule has 0 unspecified atom stereocenters. The fourth-order valence-corrected chi connectivity index (χ4v) is 3.91. The van der Waals surface area contributed by atoms with Gasteiger partial charge in [-0.15, -0.1) is 0 Å². The first-order valence-electron chi connectivity index (χ1n) is 10.5. The number of pyridine rings is 2. The van der Waals surface area contributed by atoms with E-state index in [4.69, 9.17) is 9.47 Å². The molecule has 0 bridgehead atoms. The van der Waals surface area contributed by atoms with E-state index in [1.165, 1.54) is 0 Å². The van der Waals surface area contributed by atoms with Crippen LogP contribution in [0.25, 0.3) is 0 Å². The molecule has 34 heavy (non-hydrogen) atoms. The fourth-order valence-electron chi connectivity index (χ4n) is 3.91. The first-order chi connectivity index (χ1) is 16.6. The number of rotatable bonds is 6. The molecule has 0 saturated heterocycles. The molecule has 8 nitrogen and oxygen atoms in total. The number of ether oxygens (including phenoxy) is 2. The van der Waals surface area contributed by atoms with E-state index < -0.39 is 0 Å². The molecular formula is C26H20N4O4. The van der Waals surface area contributed by atoms with Crippen molar-refractivity contribution in [3.63, 3.8) is 0 Å². The topological polar surface area (TPSA) is 102 Å². The standard InChI is InChI=1S/C26H20N4O4/c1-33-21-11-9-15(13-27-21)29-19-7-3-5-17-23(19)26(32)24-18(25(17)31)6-4-8-20(24)30-16-10-12-22(34-2)28-14-16/h3-14,29-30H,1-2H3. The molecule has 0 spiro atoms. The number of nitrogens with zero attached hydrogens (tertiary/aromatic N) is 2. The van der Waals surface area contributed by atoms with E-state index in [0.29, 0.717) is 56.8 Å². The third-order valence-corrected chi connectivity index (χ3v) is 5.52. The van der Waals surface area contributed by atoms with Gasteiger partial charge in [0.15, 0.2) is 11.6 Å². The highest BCUT2D eigenvalue weighted by Crippen LogP contribution is 2.37. The maximum absolute atomic E-state index is 13.8. The third-order valence-electron chi connectivity index (χ3n) is 5.52. The SMILES string of the molecule is COc1ccc(Nc2cccc3c2C(=O)c2c(Nc4ccc(OC)nc4)cccc2C3=O)cn1. The molecule has 2 heterocycles. The number of hydrogen-bond acceptors (Lipinski definition) is 8. The average molecular weight is 452 g/mol. The van der Waals surface area contributed by atoms with E-state index in [1.54, 1.807) is 87.3 Å². The van der Waals surface area contributed by atoms with Crippen molar-refractivity contribution in [1.82, 2.24) is 9.97 Å². The second-order valence-electron chi connectivity index (χ2n) is 7.54. The van der Waals surface area contributed by atoms with Gasteiger partial charge in [-0.2, -0.15) is 0 Å². The van der Waals surface area contributed by atoms with Crippen molar-refractivity contribution in [2.45, 2.75) is 0 Å². The smallest absolute Gasteiger partial charge is 0.213 e. The van der Waals surface area contributed by atoms with Crippen LogP contribution in [0, 0.1) is 0 Å². The fraction of sp³-hybridized carbons (Fsp3) is 0.0769. The molecule has 0 amide bonds. The van der Waals surface area contributed by atoms with Crippen molar-refractivity contribution >= 4 is 34.3 Å². The summed E-state index contributed by atoms with van der Waals surface area (Å²) >= 11 is 0. The summed E-state index contributed by atoms with van der Waals surface area (Å²) in [5.41, 5.74) is 3.71. The lowest BCUT2D eigenvalue weighted by Gasteiger charge is -2.23. The quantitative estimate of drug-likeness (QED) is 0.380. The van der Waals surface area contributed by atoms with Crippen LogP contribution in [0.3, 0.4) is 0 Å². The zero-order chi connectivity index (χ0) is 23.7. The van der Waals surface area contributed by atoms with Crippen LogP contribution in [0.1, 0.15) is 31.8 Å². The molecular weight excluding hydrogens is 432 g/mol. The van der Waals surface area contributed by atoms with E-state index >= 15 is 0 Å². The zero-order valence-corrected chi connectivity index (χ0v) is 18.5. The summed E-state index contributed by atoms with van der Waals surface area (Å²) in [5.74, 6) is 0.491. The second kappa shape index (κ2) is 8.67. The number of fused-ring (bicyclic) bond motifs is 2. The summed E-state index contributed by atoms with van der Waals surface area (Å²) < 4.78 is 10.2. The second-order valence-corrected chi connectivity index (χ2v) is 7.54. The lowest BCUT2D eigenvalue weighted by atomic mass is 9.82. The number of carbonyl (C=O) groups is 2. The van der Waals surface area contributed by atoms with Crippen molar-refractivity contribution in [2.75, 3.05) is 24.9 Å². The Labute approximate surface area is 195 Å². The Hall–Kier alpha value is -4.72. The highest BCUT2D eigenvalue weighted by molar-refractivity contribution is 6.32. The van der Waals surface area contributed by atoms with Crippen LogP contribution in [-0.4, -0.2) is 35.8 Å². The first-order valence-corrected chi connectivity index (χ1v) is 10.5. The molecule has 4 aromatic rings. The van der Waals surface area contributed by atoms with Crippen molar-refractivity contribution < 1.29 is 19.1 Å². The Kier molecular flexibility index (Phi) is 5.39. The van der Waals surface area contributed by atoms with Crippen molar-refractivity contribution in [1.29, 1.82) is 0 Å². The number of methoxy groups -OCH3 is 2. The minimum absolute atomic E-state index is 0.211. The number of anilines is 4. The predicted octanol–water partition coefficient (Wildman–Crippen LogP) is 4.76. The van der Waals surface area contributed by atoms with E-state index in [2.05, 4.69) is 20.6 Å². The molecule has 0 aliphatic heterocycles. The lowest BCUT2D eigenvalue weighted by Crippen LogP contribution is -2.23. The van der Waals surface area contributed by atoms with Gasteiger partial charge in [0.2, 0.25) is 11.8 Å². The number of carbonyl (C=O) groups excluding carboxylic acids is 2. The highest BCUT2D eigenvalue weighted by atomic mass is 16.5. The Morgan fingerprint density at radius 2 is 1.09 bits per heavy atom. The van der Waals surface area contributed by atoms with Crippen molar-refractivity contribution in [3.8, 4) is 11.8 Å². The molecule has 5 rings (SSSR count). The molecule has 0 radical (unpaired) electrons. The maximum atomic E-state index is 13.8. The number of nitrogens with one attached hydrogen (secondary N) is 2. The summed E-state index contributed by atoms with van der Waals surface area (Å²) in [7, 11) is 3.08.